The molecule has 2 fully saturated rings. The molecule has 2 aliphatic carbocycles. The zero-order valence-corrected chi connectivity index (χ0v) is 21.2. The van der Waals surface area contributed by atoms with Crippen molar-refractivity contribution in [1.29, 1.82) is 0 Å². The van der Waals surface area contributed by atoms with Crippen LogP contribution in [0.15, 0.2) is 59.2 Å². The van der Waals surface area contributed by atoms with Gasteiger partial charge in [0, 0.05) is 0 Å². The summed E-state index contributed by atoms with van der Waals surface area (Å²) in [4.78, 5) is 12.8. The van der Waals surface area contributed by atoms with Crippen LogP contribution < -0.4 is 5.32 Å². The molecule has 4 heteroatoms. The predicted octanol–water partition coefficient (Wildman–Crippen LogP) is 6.50. The molecule has 184 valence electrons. The van der Waals surface area contributed by atoms with Gasteiger partial charge in [0.25, 0.3) is 0 Å². The minimum absolute atomic E-state index is 0.0339. The highest BCUT2D eigenvalue weighted by molar-refractivity contribution is 5.77. The minimum Gasteiger partial charge on any atom is -0.469 e. The second-order valence-corrected chi connectivity index (χ2v) is 10.9. The van der Waals surface area contributed by atoms with Crippen molar-refractivity contribution in [3.63, 3.8) is 0 Å². The maximum absolute atomic E-state index is 12.8. The van der Waals surface area contributed by atoms with E-state index in [2.05, 4.69) is 62.1 Å². The van der Waals surface area contributed by atoms with Crippen LogP contribution in [0, 0.1) is 22.7 Å². The summed E-state index contributed by atoms with van der Waals surface area (Å²) < 4.78 is 11.1. The summed E-state index contributed by atoms with van der Waals surface area (Å²) in [5, 5.41) is 3.54. The van der Waals surface area contributed by atoms with Crippen molar-refractivity contribution < 1.29 is 13.9 Å². The molecule has 4 nitrogen and oxygen atoms in total. The van der Waals surface area contributed by atoms with Gasteiger partial charge in [-0.2, -0.15) is 0 Å². The molecule has 0 amide bonds. The Kier molecular flexibility index (Phi) is 7.67. The summed E-state index contributed by atoms with van der Waals surface area (Å²) in [5.74, 6) is 1.78. The Hall–Kier alpha value is -2.33. The van der Waals surface area contributed by atoms with Gasteiger partial charge >= 0.3 is 5.97 Å². The number of allylic oxidation sites excluding steroid dienone is 1. The third-order valence-electron chi connectivity index (χ3n) is 8.93. The fraction of sp³-hybridized carbons (Fsp3) is 0.567. The molecule has 2 aromatic rings. The second-order valence-electron chi connectivity index (χ2n) is 10.9. The maximum Gasteiger partial charge on any atom is 0.311 e. The lowest BCUT2D eigenvalue weighted by molar-refractivity contribution is -0.168. The molecule has 0 bridgehead atoms. The van der Waals surface area contributed by atoms with Gasteiger partial charge in [-0.1, -0.05) is 55.8 Å². The molecule has 2 aliphatic rings. The number of rotatable bonds is 9. The highest BCUT2D eigenvalue weighted by Gasteiger charge is 2.57. The minimum atomic E-state index is -0.385. The van der Waals surface area contributed by atoms with Crippen molar-refractivity contribution >= 4 is 5.97 Å². The van der Waals surface area contributed by atoms with E-state index in [4.69, 9.17) is 9.15 Å². The Bertz CT molecular complexity index is 980. The molecule has 1 N–H and O–H groups in total. The van der Waals surface area contributed by atoms with Gasteiger partial charge < -0.3 is 14.5 Å². The van der Waals surface area contributed by atoms with Gasteiger partial charge in [-0.25, -0.2) is 0 Å². The molecule has 0 unspecified atom stereocenters. The maximum atomic E-state index is 12.8. The number of aryl methyl sites for hydroxylation is 1. The van der Waals surface area contributed by atoms with Crippen molar-refractivity contribution in [3.05, 3.63) is 71.7 Å². The van der Waals surface area contributed by atoms with E-state index in [-0.39, 0.29) is 16.8 Å². The number of esters is 1. The number of hydrogen-bond donors (Lipinski definition) is 1. The Balaban J connectivity index is 1.39. The van der Waals surface area contributed by atoms with E-state index in [1.54, 1.807) is 0 Å². The average Bonchev–Trinajstić information content (AvgIpc) is 3.28. The standard InChI is InChI=1S/C30H41NO3/c1-22-11-14-27-29(2,17-8-18-30(27,3)28(32)33-4)25(22)13-12-24-16-20-34-26(24)21-31-19-15-23-9-6-5-7-10-23/h5-7,9-10,16,20,25,27,31H,1,8,11-15,17-19,21H2,2-4H3/t25-,27+,29-,30-/m0/s1. The molecule has 0 saturated heterocycles. The van der Waals surface area contributed by atoms with Crippen molar-refractivity contribution in [3.8, 4) is 0 Å². The first-order chi connectivity index (χ1) is 16.4. The number of hydrogen-bond acceptors (Lipinski definition) is 4. The second kappa shape index (κ2) is 10.5. The van der Waals surface area contributed by atoms with E-state index in [0.29, 0.717) is 11.8 Å². The van der Waals surface area contributed by atoms with Crippen LogP contribution in [-0.2, 0) is 28.9 Å². The van der Waals surface area contributed by atoms with Crippen molar-refractivity contribution in [2.45, 2.75) is 71.8 Å². The zero-order chi connectivity index (χ0) is 24.2. The number of methoxy groups -OCH3 is 1. The fourth-order valence-corrected chi connectivity index (χ4v) is 7.08. The van der Waals surface area contributed by atoms with E-state index >= 15 is 0 Å². The van der Waals surface area contributed by atoms with Crippen LogP contribution in [0.5, 0.6) is 0 Å². The van der Waals surface area contributed by atoms with Crippen LogP contribution in [0.4, 0.5) is 0 Å². The summed E-state index contributed by atoms with van der Waals surface area (Å²) in [5.41, 5.74) is 3.70. The molecule has 34 heavy (non-hydrogen) atoms. The molecular weight excluding hydrogens is 422 g/mol. The molecule has 1 heterocycles. The van der Waals surface area contributed by atoms with Crippen molar-refractivity contribution in [1.82, 2.24) is 5.32 Å². The number of carbonyl (C=O) groups is 1. The first kappa shape index (κ1) is 24.8. The normalized spacial score (nSPS) is 29.0. The predicted molar refractivity (Wildman–Crippen MR) is 136 cm³/mol. The van der Waals surface area contributed by atoms with E-state index in [0.717, 1.165) is 70.2 Å². The topological polar surface area (TPSA) is 51.5 Å². The highest BCUT2D eigenvalue weighted by Crippen LogP contribution is 2.62. The molecular formula is C30H41NO3. The van der Waals surface area contributed by atoms with Gasteiger partial charge in [0.2, 0.25) is 0 Å². The van der Waals surface area contributed by atoms with E-state index in [9.17, 15) is 4.79 Å². The number of carbonyl (C=O) groups excluding carboxylic acids is 1. The Labute approximate surface area is 205 Å². The van der Waals surface area contributed by atoms with Crippen LogP contribution in [0.1, 0.15) is 69.3 Å². The first-order valence-electron chi connectivity index (χ1n) is 12.9. The largest absolute Gasteiger partial charge is 0.469 e. The molecule has 2 saturated carbocycles. The Morgan fingerprint density at radius 2 is 1.97 bits per heavy atom. The van der Waals surface area contributed by atoms with E-state index in [1.807, 2.05) is 6.26 Å². The van der Waals surface area contributed by atoms with Crippen LogP contribution in [0.25, 0.3) is 0 Å². The molecule has 0 radical (unpaired) electrons. The zero-order valence-electron chi connectivity index (χ0n) is 21.2. The van der Waals surface area contributed by atoms with Gasteiger partial charge in [-0.05, 0) is 92.9 Å². The third-order valence-corrected chi connectivity index (χ3v) is 8.93. The van der Waals surface area contributed by atoms with Crippen molar-refractivity contribution in [2.24, 2.45) is 22.7 Å². The first-order valence-corrected chi connectivity index (χ1v) is 12.9. The van der Waals surface area contributed by atoms with Crippen molar-refractivity contribution in [2.75, 3.05) is 13.7 Å². The lowest BCUT2D eigenvalue weighted by Crippen LogP contribution is -2.53. The summed E-state index contributed by atoms with van der Waals surface area (Å²) in [6.07, 6.45) is 10.1. The summed E-state index contributed by atoms with van der Waals surface area (Å²) in [7, 11) is 1.53. The molecule has 0 spiro atoms. The fourth-order valence-electron chi connectivity index (χ4n) is 7.08. The van der Waals surface area contributed by atoms with Crippen LogP contribution in [0.3, 0.4) is 0 Å². The number of nitrogens with one attached hydrogen (secondary N) is 1. The van der Waals surface area contributed by atoms with E-state index < -0.39 is 0 Å². The molecule has 4 rings (SSSR count). The Morgan fingerprint density at radius 3 is 2.74 bits per heavy atom. The Morgan fingerprint density at radius 1 is 1.18 bits per heavy atom. The lowest BCUT2D eigenvalue weighted by atomic mass is 9.46. The quantitative estimate of drug-likeness (QED) is 0.262. The third kappa shape index (κ3) is 4.88. The molecule has 4 atom stereocenters. The number of fused-ring (bicyclic) bond motifs is 1. The molecule has 0 aliphatic heterocycles. The van der Waals surface area contributed by atoms with Crippen LogP contribution in [-0.4, -0.2) is 19.6 Å². The number of benzene rings is 1. The smallest absolute Gasteiger partial charge is 0.311 e. The van der Waals surface area contributed by atoms with Gasteiger partial charge in [0.1, 0.15) is 5.76 Å². The number of ether oxygens (including phenoxy) is 1. The van der Waals surface area contributed by atoms with Crippen LogP contribution in [0.2, 0.25) is 0 Å². The number of furan rings is 1. The average molecular weight is 464 g/mol. The van der Waals surface area contributed by atoms with Gasteiger partial charge in [0.05, 0.1) is 25.3 Å². The highest BCUT2D eigenvalue weighted by atomic mass is 16.5. The SMILES string of the molecule is C=C1CC[C@@H]2[C@@](C)(CCC[C@]2(C)C(=O)OC)[C@H]1CCc1ccoc1CNCCc1ccccc1. The monoisotopic (exact) mass is 463 g/mol. The molecule has 1 aromatic heterocycles. The summed E-state index contributed by atoms with van der Waals surface area (Å²) >= 11 is 0. The van der Waals surface area contributed by atoms with E-state index in [1.165, 1.54) is 23.8 Å². The summed E-state index contributed by atoms with van der Waals surface area (Å²) in [6.45, 7) is 10.7. The van der Waals surface area contributed by atoms with Gasteiger partial charge in [0.15, 0.2) is 0 Å². The van der Waals surface area contributed by atoms with Gasteiger partial charge in [-0.3, -0.25) is 4.79 Å². The summed E-state index contributed by atoms with van der Waals surface area (Å²) in [6, 6.07) is 12.7. The van der Waals surface area contributed by atoms with Crippen LogP contribution >= 0.6 is 0 Å². The van der Waals surface area contributed by atoms with Gasteiger partial charge in [-0.15, -0.1) is 0 Å². The lowest BCUT2D eigenvalue weighted by Gasteiger charge is -2.57. The molecule has 1 aromatic carbocycles.